The summed E-state index contributed by atoms with van der Waals surface area (Å²) in [6.07, 6.45) is 2.07. The van der Waals surface area contributed by atoms with Crippen molar-refractivity contribution >= 4 is 31.0 Å². The first-order valence-corrected chi connectivity index (χ1v) is 13.4. The number of nitrogens with one attached hydrogen (secondary N) is 2. The standard InChI is InChI=1S/C22H30N2O4S2/c1-3-5-17-29(25,26)22(30(27,28)18-6-4-2)21(23-19-13-9-7-10-14-19)24-20-15-11-8-12-16-20/h7-16,23-24H,3-6,17-18H2,1-2H3. The summed E-state index contributed by atoms with van der Waals surface area (Å²) in [5, 5.41) is 6.01. The lowest BCUT2D eigenvalue weighted by molar-refractivity contribution is 0.591. The van der Waals surface area contributed by atoms with Crippen molar-refractivity contribution < 1.29 is 16.8 Å². The first-order valence-electron chi connectivity index (χ1n) is 10.1. The summed E-state index contributed by atoms with van der Waals surface area (Å²) < 4.78 is 52.3. The van der Waals surface area contributed by atoms with E-state index >= 15 is 0 Å². The Bertz CT molecular complexity index is 950. The normalized spacial score (nSPS) is 11.7. The number of para-hydroxylation sites is 2. The largest absolute Gasteiger partial charge is 0.340 e. The Morgan fingerprint density at radius 3 is 1.37 bits per heavy atom. The maximum Gasteiger partial charge on any atom is 0.199 e. The van der Waals surface area contributed by atoms with Gasteiger partial charge in [-0.15, -0.1) is 0 Å². The Kier molecular flexibility index (Phi) is 8.92. The highest BCUT2D eigenvalue weighted by Gasteiger charge is 2.34. The summed E-state index contributed by atoms with van der Waals surface area (Å²) in [6.45, 7) is 3.74. The molecule has 0 fully saturated rings. The second kappa shape index (κ2) is 11.2. The molecule has 0 radical (unpaired) electrons. The van der Waals surface area contributed by atoms with Crippen LogP contribution in [0.1, 0.15) is 39.5 Å². The summed E-state index contributed by atoms with van der Waals surface area (Å²) in [7, 11) is -8.09. The van der Waals surface area contributed by atoms with E-state index in [9.17, 15) is 16.8 Å². The highest BCUT2D eigenvalue weighted by atomic mass is 32.3. The monoisotopic (exact) mass is 450 g/mol. The van der Waals surface area contributed by atoms with E-state index in [0.717, 1.165) is 0 Å². The smallest absolute Gasteiger partial charge is 0.199 e. The van der Waals surface area contributed by atoms with Gasteiger partial charge in [0.1, 0.15) is 5.82 Å². The van der Waals surface area contributed by atoms with Gasteiger partial charge in [0.05, 0.1) is 11.5 Å². The molecule has 2 aromatic carbocycles. The zero-order chi connectivity index (χ0) is 22.0. The van der Waals surface area contributed by atoms with E-state index in [1.807, 2.05) is 26.0 Å². The first kappa shape index (κ1) is 24.0. The fourth-order valence-corrected chi connectivity index (χ4v) is 7.41. The van der Waals surface area contributed by atoms with Crippen LogP contribution in [0.5, 0.6) is 0 Å². The molecule has 0 heterocycles. The lowest BCUT2D eigenvalue weighted by atomic mass is 10.3. The van der Waals surface area contributed by atoms with Crippen LogP contribution in [0.3, 0.4) is 0 Å². The van der Waals surface area contributed by atoms with E-state index in [-0.39, 0.29) is 17.3 Å². The molecule has 2 N–H and O–H groups in total. The molecule has 164 valence electrons. The van der Waals surface area contributed by atoms with Crippen LogP contribution in [0.2, 0.25) is 0 Å². The van der Waals surface area contributed by atoms with E-state index in [0.29, 0.717) is 37.1 Å². The summed E-state index contributed by atoms with van der Waals surface area (Å²) in [4.78, 5) is 0. The Morgan fingerprint density at radius 2 is 1.03 bits per heavy atom. The molecule has 0 aromatic heterocycles. The van der Waals surface area contributed by atoms with Crippen LogP contribution in [0.25, 0.3) is 0 Å². The molecule has 30 heavy (non-hydrogen) atoms. The molecular formula is C22H30N2O4S2. The molecule has 0 amide bonds. The second-order valence-corrected chi connectivity index (χ2v) is 11.3. The van der Waals surface area contributed by atoms with E-state index in [1.54, 1.807) is 48.5 Å². The van der Waals surface area contributed by atoms with Gasteiger partial charge in [-0.05, 0) is 37.1 Å². The van der Waals surface area contributed by atoms with Crippen LogP contribution in [-0.2, 0) is 19.7 Å². The average Bonchev–Trinajstić information content (AvgIpc) is 2.72. The molecule has 0 unspecified atom stereocenters. The maximum atomic E-state index is 13.2. The van der Waals surface area contributed by atoms with E-state index in [2.05, 4.69) is 10.6 Å². The van der Waals surface area contributed by atoms with Gasteiger partial charge in [-0.25, -0.2) is 16.8 Å². The lowest BCUT2D eigenvalue weighted by Gasteiger charge is -2.19. The third kappa shape index (κ3) is 6.88. The number of benzene rings is 2. The topological polar surface area (TPSA) is 92.3 Å². The quantitative estimate of drug-likeness (QED) is 0.484. The zero-order valence-corrected chi connectivity index (χ0v) is 19.1. The van der Waals surface area contributed by atoms with Crippen LogP contribution >= 0.6 is 0 Å². The third-order valence-electron chi connectivity index (χ3n) is 4.39. The second-order valence-electron chi connectivity index (χ2n) is 6.99. The predicted molar refractivity (Wildman–Crippen MR) is 125 cm³/mol. The van der Waals surface area contributed by atoms with Crippen LogP contribution < -0.4 is 10.6 Å². The summed E-state index contributed by atoms with van der Waals surface area (Å²) in [6, 6.07) is 17.8. The van der Waals surface area contributed by atoms with Crippen molar-refractivity contribution in [3.8, 4) is 0 Å². The number of hydrogen-bond acceptors (Lipinski definition) is 6. The van der Waals surface area contributed by atoms with Gasteiger partial charge >= 0.3 is 0 Å². The molecule has 0 atom stereocenters. The number of anilines is 2. The summed E-state index contributed by atoms with van der Waals surface area (Å²) in [5.41, 5.74) is 1.18. The van der Waals surface area contributed by atoms with Gasteiger partial charge in [-0.3, -0.25) is 0 Å². The molecule has 0 aliphatic heterocycles. The molecule has 2 aromatic rings. The highest BCUT2D eigenvalue weighted by molar-refractivity contribution is 8.14. The molecule has 0 aliphatic carbocycles. The van der Waals surface area contributed by atoms with Crippen molar-refractivity contribution in [2.45, 2.75) is 39.5 Å². The van der Waals surface area contributed by atoms with E-state index in [4.69, 9.17) is 0 Å². The van der Waals surface area contributed by atoms with Crippen molar-refractivity contribution in [1.82, 2.24) is 0 Å². The molecule has 0 spiro atoms. The van der Waals surface area contributed by atoms with Crippen molar-refractivity contribution in [3.63, 3.8) is 0 Å². The molecule has 2 rings (SSSR count). The lowest BCUT2D eigenvalue weighted by Crippen LogP contribution is -2.26. The van der Waals surface area contributed by atoms with Gasteiger partial charge < -0.3 is 10.6 Å². The molecular weight excluding hydrogens is 420 g/mol. The Hall–Kier alpha value is -2.32. The average molecular weight is 451 g/mol. The maximum absolute atomic E-state index is 13.2. The Labute approximate surface area is 180 Å². The summed E-state index contributed by atoms with van der Waals surface area (Å²) in [5.74, 6) is -0.485. The van der Waals surface area contributed by atoms with Crippen LogP contribution in [0.4, 0.5) is 11.4 Å². The molecule has 0 aliphatic rings. The van der Waals surface area contributed by atoms with Gasteiger partial charge in [0.2, 0.25) is 0 Å². The van der Waals surface area contributed by atoms with Gasteiger partial charge in [0, 0.05) is 11.4 Å². The molecule has 0 saturated carbocycles. The molecule has 8 heteroatoms. The molecule has 0 saturated heterocycles. The molecule has 6 nitrogen and oxygen atoms in total. The SMILES string of the molecule is CCCCS(=O)(=O)C(=C(Nc1ccccc1)Nc1ccccc1)S(=O)(=O)CCCC. The van der Waals surface area contributed by atoms with Gasteiger partial charge in [-0.1, -0.05) is 63.1 Å². The van der Waals surface area contributed by atoms with Crippen molar-refractivity contribution in [3.05, 3.63) is 70.7 Å². The van der Waals surface area contributed by atoms with Crippen LogP contribution in [-0.4, -0.2) is 28.3 Å². The van der Waals surface area contributed by atoms with Gasteiger partial charge in [0.15, 0.2) is 23.9 Å². The predicted octanol–water partition coefficient (Wildman–Crippen LogP) is 4.77. The Balaban J connectivity index is 2.67. The minimum atomic E-state index is -4.05. The van der Waals surface area contributed by atoms with Crippen LogP contribution in [0.15, 0.2) is 70.7 Å². The number of rotatable bonds is 12. The first-order chi connectivity index (χ1) is 14.3. The summed E-state index contributed by atoms with van der Waals surface area (Å²) >= 11 is 0. The number of sulfone groups is 2. The zero-order valence-electron chi connectivity index (χ0n) is 17.5. The fourth-order valence-electron chi connectivity index (χ4n) is 2.82. The van der Waals surface area contributed by atoms with E-state index < -0.39 is 23.9 Å². The van der Waals surface area contributed by atoms with Crippen molar-refractivity contribution in [2.75, 3.05) is 22.1 Å². The third-order valence-corrected chi connectivity index (χ3v) is 9.10. The van der Waals surface area contributed by atoms with E-state index in [1.165, 1.54) is 0 Å². The fraction of sp³-hybridized carbons (Fsp3) is 0.364. The van der Waals surface area contributed by atoms with Crippen LogP contribution in [0, 0.1) is 0 Å². The number of hydrogen-bond donors (Lipinski definition) is 2. The van der Waals surface area contributed by atoms with Crippen molar-refractivity contribution in [1.29, 1.82) is 0 Å². The van der Waals surface area contributed by atoms with Gasteiger partial charge in [-0.2, -0.15) is 0 Å². The number of unbranched alkanes of at least 4 members (excludes halogenated alkanes) is 2. The molecule has 0 bridgehead atoms. The van der Waals surface area contributed by atoms with Gasteiger partial charge in [0.25, 0.3) is 0 Å². The minimum Gasteiger partial charge on any atom is -0.340 e. The minimum absolute atomic E-state index is 0.0420. The highest BCUT2D eigenvalue weighted by Crippen LogP contribution is 2.26. The van der Waals surface area contributed by atoms with Crippen molar-refractivity contribution in [2.24, 2.45) is 0 Å². The Morgan fingerprint density at radius 1 is 0.667 bits per heavy atom.